The normalized spacial score (nSPS) is 10.5. The first-order chi connectivity index (χ1) is 10.0. The molecule has 0 radical (unpaired) electrons. The van der Waals surface area contributed by atoms with Crippen molar-refractivity contribution in [2.24, 2.45) is 0 Å². The number of rotatable bonds is 5. The van der Waals surface area contributed by atoms with Crippen molar-refractivity contribution in [3.05, 3.63) is 39.9 Å². The molecule has 2 aromatic rings. The fraction of sp³-hybridized carbons (Fsp3) is 0.333. The van der Waals surface area contributed by atoms with Crippen LogP contribution in [-0.4, -0.2) is 16.5 Å². The Morgan fingerprint density at radius 1 is 1.19 bits per heavy atom. The Kier molecular flexibility index (Phi) is 5.12. The SMILES string of the molecule is CCNc1nc(CC)nc(Nc2ccc(F)cc2Br)c1C. The van der Waals surface area contributed by atoms with Crippen LogP contribution in [0.15, 0.2) is 22.7 Å². The molecule has 0 atom stereocenters. The highest BCUT2D eigenvalue weighted by Crippen LogP contribution is 2.29. The van der Waals surface area contributed by atoms with Crippen LogP contribution in [0.25, 0.3) is 0 Å². The molecule has 2 N–H and O–H groups in total. The zero-order valence-corrected chi connectivity index (χ0v) is 13.9. The quantitative estimate of drug-likeness (QED) is 0.835. The lowest BCUT2D eigenvalue weighted by atomic mass is 10.2. The Labute approximate surface area is 132 Å². The third-order valence-electron chi connectivity index (χ3n) is 3.04. The summed E-state index contributed by atoms with van der Waals surface area (Å²) in [7, 11) is 0. The third kappa shape index (κ3) is 3.69. The van der Waals surface area contributed by atoms with Crippen molar-refractivity contribution in [1.82, 2.24) is 9.97 Å². The van der Waals surface area contributed by atoms with Crippen LogP contribution in [-0.2, 0) is 6.42 Å². The monoisotopic (exact) mass is 352 g/mol. The van der Waals surface area contributed by atoms with Crippen molar-refractivity contribution >= 4 is 33.3 Å². The molecule has 2 rings (SSSR count). The van der Waals surface area contributed by atoms with Gasteiger partial charge in [0.15, 0.2) is 0 Å². The first kappa shape index (κ1) is 15.7. The molecule has 0 spiro atoms. The second-order valence-corrected chi connectivity index (χ2v) is 5.45. The molecule has 0 saturated heterocycles. The van der Waals surface area contributed by atoms with Crippen molar-refractivity contribution in [1.29, 1.82) is 0 Å². The number of aryl methyl sites for hydroxylation is 1. The van der Waals surface area contributed by atoms with E-state index in [1.165, 1.54) is 12.1 Å². The molecular weight excluding hydrogens is 335 g/mol. The number of hydrogen-bond acceptors (Lipinski definition) is 4. The summed E-state index contributed by atoms with van der Waals surface area (Å²) in [4.78, 5) is 9.00. The van der Waals surface area contributed by atoms with E-state index >= 15 is 0 Å². The average molecular weight is 353 g/mol. The number of aromatic nitrogens is 2. The van der Waals surface area contributed by atoms with Crippen molar-refractivity contribution in [2.45, 2.75) is 27.2 Å². The molecule has 1 aromatic carbocycles. The van der Waals surface area contributed by atoms with Gasteiger partial charge in [-0.2, -0.15) is 0 Å². The summed E-state index contributed by atoms with van der Waals surface area (Å²) in [5, 5.41) is 6.47. The highest BCUT2D eigenvalue weighted by atomic mass is 79.9. The van der Waals surface area contributed by atoms with Gasteiger partial charge in [-0.15, -0.1) is 0 Å². The van der Waals surface area contributed by atoms with Crippen LogP contribution in [0.3, 0.4) is 0 Å². The maximum atomic E-state index is 13.2. The minimum Gasteiger partial charge on any atom is -0.370 e. The molecule has 0 amide bonds. The lowest BCUT2D eigenvalue weighted by molar-refractivity contribution is 0.627. The van der Waals surface area contributed by atoms with Crippen LogP contribution in [0.4, 0.5) is 21.7 Å². The van der Waals surface area contributed by atoms with E-state index in [1.807, 2.05) is 20.8 Å². The summed E-state index contributed by atoms with van der Waals surface area (Å²) in [6.07, 6.45) is 0.748. The molecule has 112 valence electrons. The molecule has 1 heterocycles. The maximum Gasteiger partial charge on any atom is 0.139 e. The van der Waals surface area contributed by atoms with Gasteiger partial charge in [-0.25, -0.2) is 14.4 Å². The molecule has 0 aliphatic rings. The van der Waals surface area contributed by atoms with E-state index in [1.54, 1.807) is 6.07 Å². The summed E-state index contributed by atoms with van der Waals surface area (Å²) >= 11 is 3.35. The van der Waals surface area contributed by atoms with Crippen LogP contribution in [0.2, 0.25) is 0 Å². The molecular formula is C15H18BrFN4. The van der Waals surface area contributed by atoms with Gasteiger partial charge in [-0.05, 0) is 48.0 Å². The highest BCUT2D eigenvalue weighted by Gasteiger charge is 2.11. The number of anilines is 3. The first-order valence-corrected chi connectivity index (χ1v) is 7.67. The minimum absolute atomic E-state index is 0.283. The van der Waals surface area contributed by atoms with Gasteiger partial charge >= 0.3 is 0 Å². The summed E-state index contributed by atoms with van der Waals surface area (Å²) in [6.45, 7) is 6.78. The van der Waals surface area contributed by atoms with Crippen LogP contribution in [0, 0.1) is 12.7 Å². The van der Waals surface area contributed by atoms with Gasteiger partial charge in [-0.1, -0.05) is 6.92 Å². The fourth-order valence-corrected chi connectivity index (χ4v) is 2.35. The van der Waals surface area contributed by atoms with Gasteiger partial charge in [0.1, 0.15) is 23.3 Å². The van der Waals surface area contributed by atoms with E-state index in [4.69, 9.17) is 0 Å². The van der Waals surface area contributed by atoms with Gasteiger partial charge in [0, 0.05) is 23.0 Å². The van der Waals surface area contributed by atoms with E-state index in [2.05, 4.69) is 36.5 Å². The van der Waals surface area contributed by atoms with Gasteiger partial charge in [0.25, 0.3) is 0 Å². The van der Waals surface area contributed by atoms with Crippen molar-refractivity contribution in [3.63, 3.8) is 0 Å². The van der Waals surface area contributed by atoms with Crippen LogP contribution in [0.1, 0.15) is 25.2 Å². The maximum absolute atomic E-state index is 13.2. The number of halogens is 2. The van der Waals surface area contributed by atoms with Crippen LogP contribution in [0.5, 0.6) is 0 Å². The molecule has 21 heavy (non-hydrogen) atoms. The molecule has 0 unspecified atom stereocenters. The Balaban J connectivity index is 2.40. The Hall–Kier alpha value is -1.69. The van der Waals surface area contributed by atoms with Crippen LogP contribution < -0.4 is 10.6 Å². The standard InChI is InChI=1S/C15H18BrFN4/c1-4-13-20-14(18-5-2)9(3)15(21-13)19-12-7-6-10(17)8-11(12)16/h6-8H,4-5H2,1-3H3,(H2,18,19,20,21). The Morgan fingerprint density at radius 2 is 1.90 bits per heavy atom. The zero-order valence-electron chi connectivity index (χ0n) is 12.3. The van der Waals surface area contributed by atoms with Crippen molar-refractivity contribution < 1.29 is 4.39 Å². The molecule has 0 saturated carbocycles. The zero-order chi connectivity index (χ0) is 15.4. The second-order valence-electron chi connectivity index (χ2n) is 4.60. The topological polar surface area (TPSA) is 49.8 Å². The smallest absolute Gasteiger partial charge is 0.139 e. The van der Waals surface area contributed by atoms with E-state index in [9.17, 15) is 4.39 Å². The van der Waals surface area contributed by atoms with E-state index < -0.39 is 0 Å². The molecule has 0 aliphatic heterocycles. The van der Waals surface area contributed by atoms with Gasteiger partial charge in [-0.3, -0.25) is 0 Å². The largest absolute Gasteiger partial charge is 0.370 e. The Bertz CT molecular complexity index is 646. The summed E-state index contributed by atoms with van der Waals surface area (Å²) in [5.74, 6) is 2.03. The molecule has 4 nitrogen and oxygen atoms in total. The summed E-state index contributed by atoms with van der Waals surface area (Å²) in [5.41, 5.74) is 1.70. The van der Waals surface area contributed by atoms with E-state index in [-0.39, 0.29) is 5.82 Å². The number of hydrogen-bond donors (Lipinski definition) is 2. The summed E-state index contributed by atoms with van der Waals surface area (Å²) < 4.78 is 13.8. The molecule has 0 bridgehead atoms. The predicted molar refractivity (Wildman–Crippen MR) is 87.7 cm³/mol. The lowest BCUT2D eigenvalue weighted by Crippen LogP contribution is -2.09. The van der Waals surface area contributed by atoms with Crippen molar-refractivity contribution in [3.8, 4) is 0 Å². The minimum atomic E-state index is -0.283. The molecule has 0 fully saturated rings. The van der Waals surface area contributed by atoms with E-state index in [0.29, 0.717) is 4.47 Å². The van der Waals surface area contributed by atoms with Gasteiger partial charge in [0.05, 0.1) is 5.69 Å². The Morgan fingerprint density at radius 3 is 2.52 bits per heavy atom. The second kappa shape index (κ2) is 6.85. The fourth-order valence-electron chi connectivity index (χ4n) is 1.90. The average Bonchev–Trinajstić information content (AvgIpc) is 2.46. The van der Waals surface area contributed by atoms with E-state index in [0.717, 1.165) is 41.7 Å². The number of benzene rings is 1. The number of nitrogens with one attached hydrogen (secondary N) is 2. The highest BCUT2D eigenvalue weighted by molar-refractivity contribution is 9.10. The van der Waals surface area contributed by atoms with Gasteiger partial charge in [0.2, 0.25) is 0 Å². The predicted octanol–water partition coefficient (Wildman–Crippen LogP) is 4.42. The third-order valence-corrected chi connectivity index (χ3v) is 3.69. The van der Waals surface area contributed by atoms with Gasteiger partial charge < -0.3 is 10.6 Å². The summed E-state index contributed by atoms with van der Waals surface area (Å²) in [6, 6.07) is 4.51. The number of nitrogens with zero attached hydrogens (tertiary/aromatic N) is 2. The van der Waals surface area contributed by atoms with Crippen LogP contribution >= 0.6 is 15.9 Å². The molecule has 6 heteroatoms. The lowest BCUT2D eigenvalue weighted by Gasteiger charge is -2.15. The molecule has 0 aliphatic carbocycles. The molecule has 1 aromatic heterocycles. The van der Waals surface area contributed by atoms with Crippen molar-refractivity contribution in [2.75, 3.05) is 17.2 Å². The first-order valence-electron chi connectivity index (χ1n) is 6.88.